The molecule has 1 aromatic heterocycles. The van der Waals surface area contributed by atoms with Gasteiger partial charge in [-0.2, -0.15) is 0 Å². The number of hydrogen-bond acceptors (Lipinski definition) is 4. The second kappa shape index (κ2) is 7.49. The summed E-state index contributed by atoms with van der Waals surface area (Å²) in [5.41, 5.74) is 3.85. The van der Waals surface area contributed by atoms with Crippen LogP contribution in [0.4, 0.5) is 5.69 Å². The summed E-state index contributed by atoms with van der Waals surface area (Å²) in [6.07, 6.45) is 0. The number of nitrogens with one attached hydrogen (secondary N) is 1. The lowest BCUT2D eigenvalue weighted by atomic mass is 10.1. The molecule has 28 heavy (non-hydrogen) atoms. The molecule has 2 aromatic carbocycles. The van der Waals surface area contributed by atoms with E-state index >= 15 is 0 Å². The van der Waals surface area contributed by atoms with Crippen molar-refractivity contribution in [2.45, 2.75) is 18.7 Å². The first-order valence-corrected chi connectivity index (χ1v) is 10.0. The fraction of sp³-hybridized carbons (Fsp3) is 0.150. The molecular formula is C20H21N3O4S. The van der Waals surface area contributed by atoms with Crippen LogP contribution in [-0.4, -0.2) is 26.0 Å². The Morgan fingerprint density at radius 3 is 2.14 bits per heavy atom. The number of rotatable bonds is 5. The monoisotopic (exact) mass is 399 g/mol. The molecule has 0 unspecified atom stereocenters. The highest BCUT2D eigenvalue weighted by Crippen LogP contribution is 2.24. The number of hydrogen-bond donors (Lipinski definition) is 2. The number of aromatic nitrogens is 1. The lowest BCUT2D eigenvalue weighted by Gasteiger charge is -2.12. The third-order valence-electron chi connectivity index (χ3n) is 4.40. The van der Waals surface area contributed by atoms with E-state index in [9.17, 15) is 13.2 Å². The summed E-state index contributed by atoms with van der Waals surface area (Å²) in [4.78, 5) is 12.5. The van der Waals surface area contributed by atoms with Crippen LogP contribution in [0.3, 0.4) is 0 Å². The Kier molecular flexibility index (Phi) is 5.26. The summed E-state index contributed by atoms with van der Waals surface area (Å²) < 4.78 is 30.4. The highest BCUT2D eigenvalue weighted by Gasteiger charge is 2.17. The highest BCUT2D eigenvalue weighted by molar-refractivity contribution is 7.89. The van der Waals surface area contributed by atoms with Gasteiger partial charge < -0.3 is 14.6 Å². The SMILES string of the molecule is COc1ccc(S(N)(=O)=O)cc1C(=O)Nc1ccc(-n2c(C)ccc2C)cc1. The van der Waals surface area contributed by atoms with E-state index in [1.54, 1.807) is 12.1 Å². The average molecular weight is 399 g/mol. The molecule has 0 aliphatic carbocycles. The van der Waals surface area contributed by atoms with E-state index < -0.39 is 15.9 Å². The Bertz CT molecular complexity index is 1110. The lowest BCUT2D eigenvalue weighted by Crippen LogP contribution is -2.16. The van der Waals surface area contributed by atoms with Crippen LogP contribution in [0.25, 0.3) is 5.69 Å². The van der Waals surface area contributed by atoms with Gasteiger partial charge in [-0.1, -0.05) is 0 Å². The number of amides is 1. The minimum Gasteiger partial charge on any atom is -0.496 e. The molecule has 146 valence electrons. The molecule has 3 N–H and O–H groups in total. The van der Waals surface area contributed by atoms with Crippen LogP contribution in [-0.2, 0) is 10.0 Å². The molecule has 0 fully saturated rings. The second-order valence-electron chi connectivity index (χ2n) is 6.36. The molecule has 1 amide bonds. The molecule has 1 heterocycles. The number of benzene rings is 2. The van der Waals surface area contributed by atoms with Gasteiger partial charge in [0.25, 0.3) is 5.91 Å². The molecule has 0 aliphatic rings. The van der Waals surface area contributed by atoms with Crippen LogP contribution in [0, 0.1) is 13.8 Å². The van der Waals surface area contributed by atoms with Gasteiger partial charge in [-0.25, -0.2) is 13.6 Å². The van der Waals surface area contributed by atoms with Crippen molar-refractivity contribution in [3.8, 4) is 11.4 Å². The molecule has 0 bridgehead atoms. The number of primary sulfonamides is 1. The number of aryl methyl sites for hydroxylation is 2. The molecule has 3 aromatic rings. The summed E-state index contributed by atoms with van der Waals surface area (Å²) >= 11 is 0. The maximum absolute atomic E-state index is 12.7. The fourth-order valence-electron chi connectivity index (χ4n) is 3.01. The Morgan fingerprint density at radius 1 is 1.00 bits per heavy atom. The molecular weight excluding hydrogens is 378 g/mol. The van der Waals surface area contributed by atoms with Gasteiger partial charge in [0, 0.05) is 22.8 Å². The third-order valence-corrected chi connectivity index (χ3v) is 5.31. The van der Waals surface area contributed by atoms with Crippen molar-refractivity contribution in [1.29, 1.82) is 0 Å². The highest BCUT2D eigenvalue weighted by atomic mass is 32.2. The maximum Gasteiger partial charge on any atom is 0.259 e. The van der Waals surface area contributed by atoms with Crippen molar-refractivity contribution in [3.63, 3.8) is 0 Å². The van der Waals surface area contributed by atoms with Crippen molar-refractivity contribution in [3.05, 3.63) is 71.5 Å². The van der Waals surface area contributed by atoms with E-state index in [0.717, 1.165) is 17.1 Å². The van der Waals surface area contributed by atoms with E-state index in [2.05, 4.69) is 9.88 Å². The van der Waals surface area contributed by atoms with Crippen LogP contribution in [0.5, 0.6) is 5.75 Å². The van der Waals surface area contributed by atoms with Gasteiger partial charge in [0.15, 0.2) is 0 Å². The van der Waals surface area contributed by atoms with Crippen LogP contribution in [0.15, 0.2) is 59.5 Å². The number of carbonyl (C=O) groups is 1. The smallest absolute Gasteiger partial charge is 0.259 e. The van der Waals surface area contributed by atoms with Crippen molar-refractivity contribution in [2.75, 3.05) is 12.4 Å². The zero-order valence-corrected chi connectivity index (χ0v) is 16.6. The van der Waals surface area contributed by atoms with E-state index in [-0.39, 0.29) is 16.2 Å². The molecule has 8 heteroatoms. The zero-order valence-electron chi connectivity index (χ0n) is 15.8. The number of carbonyl (C=O) groups excluding carboxylic acids is 1. The summed E-state index contributed by atoms with van der Waals surface area (Å²) in [6, 6.07) is 15.3. The third kappa shape index (κ3) is 3.92. The Balaban J connectivity index is 1.87. The first kappa shape index (κ1) is 19.7. The molecule has 0 spiro atoms. The van der Waals surface area contributed by atoms with Crippen LogP contribution >= 0.6 is 0 Å². The average Bonchev–Trinajstić information content (AvgIpc) is 2.99. The van der Waals surface area contributed by atoms with Crippen molar-refractivity contribution < 1.29 is 17.9 Å². The minimum absolute atomic E-state index is 0.0789. The number of nitrogens with two attached hydrogens (primary N) is 1. The van der Waals surface area contributed by atoms with E-state index in [0.29, 0.717) is 5.69 Å². The van der Waals surface area contributed by atoms with E-state index in [1.807, 2.05) is 38.1 Å². The number of nitrogens with zero attached hydrogens (tertiary/aromatic N) is 1. The fourth-order valence-corrected chi connectivity index (χ4v) is 3.55. The number of anilines is 1. The van der Waals surface area contributed by atoms with Gasteiger partial charge in [-0.3, -0.25) is 4.79 Å². The molecule has 0 atom stereocenters. The van der Waals surface area contributed by atoms with Gasteiger partial charge in [-0.05, 0) is 68.4 Å². The second-order valence-corrected chi connectivity index (χ2v) is 7.92. The lowest BCUT2D eigenvalue weighted by molar-refractivity contribution is 0.102. The van der Waals surface area contributed by atoms with Gasteiger partial charge in [0.1, 0.15) is 5.75 Å². The quantitative estimate of drug-likeness (QED) is 0.688. The van der Waals surface area contributed by atoms with Crippen LogP contribution in [0.1, 0.15) is 21.7 Å². The molecule has 3 rings (SSSR count). The van der Waals surface area contributed by atoms with Gasteiger partial charge in [-0.15, -0.1) is 0 Å². The number of sulfonamides is 1. The van der Waals surface area contributed by atoms with Gasteiger partial charge >= 0.3 is 0 Å². The Labute approximate surface area is 163 Å². The minimum atomic E-state index is -3.93. The van der Waals surface area contributed by atoms with Crippen molar-refractivity contribution >= 4 is 21.6 Å². The summed E-state index contributed by atoms with van der Waals surface area (Å²) in [6.45, 7) is 4.04. The van der Waals surface area contributed by atoms with Crippen molar-refractivity contribution in [2.24, 2.45) is 5.14 Å². The van der Waals surface area contributed by atoms with Gasteiger partial charge in [0.2, 0.25) is 10.0 Å². The van der Waals surface area contributed by atoms with Crippen LogP contribution in [0.2, 0.25) is 0 Å². The largest absolute Gasteiger partial charge is 0.496 e. The first-order valence-electron chi connectivity index (χ1n) is 8.48. The van der Waals surface area contributed by atoms with Gasteiger partial charge in [0.05, 0.1) is 17.6 Å². The predicted octanol–water partition coefficient (Wildman–Crippen LogP) is 3.00. The zero-order chi connectivity index (χ0) is 20.5. The Hall–Kier alpha value is -3.10. The first-order chi connectivity index (χ1) is 13.2. The topological polar surface area (TPSA) is 103 Å². The number of ether oxygens (including phenoxy) is 1. The molecule has 0 radical (unpaired) electrons. The van der Waals surface area contributed by atoms with Crippen LogP contribution < -0.4 is 15.2 Å². The summed E-state index contributed by atoms with van der Waals surface area (Å²) in [7, 11) is -2.53. The molecule has 0 aliphatic heterocycles. The van der Waals surface area contributed by atoms with Crippen molar-refractivity contribution in [1.82, 2.24) is 4.57 Å². The van der Waals surface area contributed by atoms with E-state index in [4.69, 9.17) is 9.88 Å². The van der Waals surface area contributed by atoms with E-state index in [1.165, 1.54) is 25.3 Å². The molecule has 0 saturated heterocycles. The standard InChI is InChI=1S/C20H21N3O4S/c1-13-4-5-14(2)23(13)16-8-6-15(7-9-16)22-20(24)18-12-17(28(21,25)26)10-11-19(18)27-3/h4-12H,1-3H3,(H,22,24)(H2,21,25,26). The molecule has 7 nitrogen and oxygen atoms in total. The number of methoxy groups -OCH3 is 1. The Morgan fingerprint density at radius 2 is 1.61 bits per heavy atom. The maximum atomic E-state index is 12.7. The summed E-state index contributed by atoms with van der Waals surface area (Å²) in [5, 5.41) is 7.90. The normalized spacial score (nSPS) is 11.3. The molecule has 0 saturated carbocycles. The summed E-state index contributed by atoms with van der Waals surface area (Å²) in [5.74, 6) is -0.247. The predicted molar refractivity (Wildman–Crippen MR) is 108 cm³/mol.